The second-order valence-corrected chi connectivity index (χ2v) is 9.84. The predicted molar refractivity (Wildman–Crippen MR) is 101 cm³/mol. The largest absolute Gasteiger partial charge is 0.370 e. The zero-order valence-corrected chi connectivity index (χ0v) is 16.9. The molecule has 5 nitrogen and oxygen atoms in total. The van der Waals surface area contributed by atoms with Crippen LogP contribution in [-0.2, 0) is 10.0 Å². The molecule has 0 spiro atoms. The highest BCUT2D eigenvalue weighted by Crippen LogP contribution is 2.22. The first-order valence-electron chi connectivity index (χ1n) is 8.68. The van der Waals surface area contributed by atoms with Crippen molar-refractivity contribution in [3.8, 4) is 0 Å². The van der Waals surface area contributed by atoms with Gasteiger partial charge >= 0.3 is 0 Å². The Morgan fingerprint density at radius 1 is 1.12 bits per heavy atom. The molecular formula is C18H33N3O2S. The minimum absolute atomic E-state index is 0.0924. The molecule has 0 amide bonds. The van der Waals surface area contributed by atoms with Gasteiger partial charge in [-0.15, -0.1) is 0 Å². The Hall–Kier alpha value is -1.14. The molecule has 0 bridgehead atoms. The minimum atomic E-state index is -3.52. The van der Waals surface area contributed by atoms with E-state index in [1.165, 1.54) is 10.5 Å². The summed E-state index contributed by atoms with van der Waals surface area (Å²) in [6, 6.07) is 3.19. The number of nitrogens with zero attached hydrogens (tertiary/aromatic N) is 2. The van der Waals surface area contributed by atoms with E-state index in [2.05, 4.69) is 31.1 Å². The quantitative estimate of drug-likeness (QED) is 0.712. The van der Waals surface area contributed by atoms with E-state index < -0.39 is 10.0 Å². The molecule has 0 aliphatic carbocycles. The van der Waals surface area contributed by atoms with Crippen molar-refractivity contribution in [3.63, 3.8) is 0 Å². The number of rotatable bonds is 8. The fourth-order valence-corrected chi connectivity index (χ4v) is 4.53. The van der Waals surface area contributed by atoms with Crippen LogP contribution in [0.5, 0.6) is 0 Å². The van der Waals surface area contributed by atoms with E-state index >= 15 is 0 Å². The van der Waals surface area contributed by atoms with Crippen LogP contribution in [0, 0.1) is 5.41 Å². The molecule has 0 atom stereocenters. The zero-order chi connectivity index (χ0) is 18.5. The van der Waals surface area contributed by atoms with Crippen LogP contribution in [0.25, 0.3) is 0 Å². The second-order valence-electron chi connectivity index (χ2n) is 7.99. The number of anilines is 1. The van der Waals surface area contributed by atoms with Gasteiger partial charge in [-0.05, 0) is 58.1 Å². The van der Waals surface area contributed by atoms with Crippen LogP contribution in [0.1, 0.15) is 61.3 Å². The zero-order valence-electron chi connectivity index (χ0n) is 16.1. The van der Waals surface area contributed by atoms with Crippen molar-refractivity contribution in [3.05, 3.63) is 18.3 Å². The first kappa shape index (κ1) is 20.9. The van der Waals surface area contributed by atoms with Crippen LogP contribution in [0.2, 0.25) is 0 Å². The van der Waals surface area contributed by atoms with E-state index in [1.54, 1.807) is 12.1 Å². The van der Waals surface area contributed by atoms with Gasteiger partial charge in [0.1, 0.15) is 10.7 Å². The molecule has 0 aliphatic heterocycles. The topological polar surface area (TPSA) is 62.3 Å². The Kier molecular flexibility index (Phi) is 7.23. The smallest absolute Gasteiger partial charge is 0.245 e. The van der Waals surface area contributed by atoms with Crippen LogP contribution in [0.15, 0.2) is 23.2 Å². The van der Waals surface area contributed by atoms with Crippen molar-refractivity contribution in [1.29, 1.82) is 0 Å². The summed E-state index contributed by atoms with van der Waals surface area (Å²) in [7, 11) is -3.52. The molecule has 1 aromatic rings. The van der Waals surface area contributed by atoms with Gasteiger partial charge in [-0.2, -0.15) is 4.31 Å². The number of pyridine rings is 1. The Balaban J connectivity index is 2.76. The summed E-state index contributed by atoms with van der Waals surface area (Å²) in [6.07, 6.45) is 3.63. The first-order valence-corrected chi connectivity index (χ1v) is 10.1. The fraction of sp³-hybridized carbons (Fsp3) is 0.722. The van der Waals surface area contributed by atoms with Crippen molar-refractivity contribution in [2.75, 3.05) is 11.9 Å². The molecule has 1 heterocycles. The molecule has 1 rings (SSSR count). The molecule has 0 unspecified atom stereocenters. The van der Waals surface area contributed by atoms with Gasteiger partial charge in [0.15, 0.2) is 0 Å². The first-order chi connectivity index (χ1) is 10.9. The summed E-state index contributed by atoms with van der Waals surface area (Å²) in [6.45, 7) is 15.0. The Labute approximate surface area is 147 Å². The number of hydrogen-bond acceptors (Lipinski definition) is 4. The van der Waals surface area contributed by atoms with Crippen molar-refractivity contribution >= 4 is 15.8 Å². The molecule has 0 aliphatic rings. The van der Waals surface area contributed by atoms with E-state index in [1.807, 2.05) is 27.7 Å². The Morgan fingerprint density at radius 2 is 1.71 bits per heavy atom. The minimum Gasteiger partial charge on any atom is -0.370 e. The SMILES string of the molecule is CC(C)N(C(C)C)S(=O)(=O)c1ccc(NCCCC(C)(C)C)nc1. The third-order valence-electron chi connectivity index (χ3n) is 3.74. The van der Waals surface area contributed by atoms with Crippen molar-refractivity contribution in [1.82, 2.24) is 9.29 Å². The lowest BCUT2D eigenvalue weighted by atomic mass is 9.91. The van der Waals surface area contributed by atoms with Crippen molar-refractivity contribution in [2.45, 2.75) is 78.3 Å². The number of nitrogens with one attached hydrogen (secondary N) is 1. The van der Waals surface area contributed by atoms with Gasteiger partial charge in [0, 0.05) is 24.8 Å². The van der Waals surface area contributed by atoms with Gasteiger partial charge in [0.2, 0.25) is 10.0 Å². The molecule has 0 aromatic carbocycles. The lowest BCUT2D eigenvalue weighted by molar-refractivity contribution is 0.302. The Morgan fingerprint density at radius 3 is 2.12 bits per heavy atom. The summed E-state index contributed by atoms with van der Waals surface area (Å²) in [5, 5.41) is 3.25. The third kappa shape index (κ3) is 6.06. The van der Waals surface area contributed by atoms with Crippen LogP contribution < -0.4 is 5.32 Å². The molecule has 1 aromatic heterocycles. The molecule has 0 radical (unpaired) electrons. The molecule has 0 saturated heterocycles. The highest BCUT2D eigenvalue weighted by molar-refractivity contribution is 7.89. The maximum Gasteiger partial charge on any atom is 0.245 e. The van der Waals surface area contributed by atoms with Gasteiger partial charge in [-0.3, -0.25) is 0 Å². The molecular weight excluding hydrogens is 322 g/mol. The van der Waals surface area contributed by atoms with Crippen LogP contribution >= 0.6 is 0 Å². The fourth-order valence-electron chi connectivity index (χ4n) is 2.75. The standard InChI is InChI=1S/C18H33N3O2S/c1-14(2)21(15(3)4)24(22,23)16-9-10-17(20-13-16)19-12-8-11-18(5,6)7/h9-10,13-15H,8,11-12H2,1-7H3,(H,19,20). The summed E-state index contributed by atoms with van der Waals surface area (Å²) >= 11 is 0. The van der Waals surface area contributed by atoms with Crippen LogP contribution in [0.4, 0.5) is 5.82 Å². The van der Waals surface area contributed by atoms with E-state index in [9.17, 15) is 8.42 Å². The van der Waals surface area contributed by atoms with Gasteiger partial charge in [0.25, 0.3) is 0 Å². The third-order valence-corrected chi connectivity index (χ3v) is 5.97. The maximum absolute atomic E-state index is 12.8. The van der Waals surface area contributed by atoms with Gasteiger partial charge < -0.3 is 5.32 Å². The predicted octanol–water partition coefficient (Wildman–Crippen LogP) is 4.13. The number of aromatic nitrogens is 1. The summed E-state index contributed by atoms with van der Waals surface area (Å²) < 4.78 is 27.0. The summed E-state index contributed by atoms with van der Waals surface area (Å²) in [5.74, 6) is 0.712. The van der Waals surface area contributed by atoms with Crippen LogP contribution in [0.3, 0.4) is 0 Å². The summed E-state index contributed by atoms with van der Waals surface area (Å²) in [5.41, 5.74) is 0.324. The number of hydrogen-bond donors (Lipinski definition) is 1. The summed E-state index contributed by atoms with van der Waals surface area (Å²) in [4.78, 5) is 4.50. The molecule has 138 valence electrons. The average molecular weight is 356 g/mol. The van der Waals surface area contributed by atoms with Crippen LogP contribution in [-0.4, -0.2) is 36.3 Å². The van der Waals surface area contributed by atoms with E-state index in [0.717, 1.165) is 19.4 Å². The van der Waals surface area contributed by atoms with Crippen molar-refractivity contribution in [2.24, 2.45) is 5.41 Å². The average Bonchev–Trinajstić information content (AvgIpc) is 2.42. The van der Waals surface area contributed by atoms with Gasteiger partial charge in [-0.1, -0.05) is 20.8 Å². The lowest BCUT2D eigenvalue weighted by Crippen LogP contribution is -2.41. The molecule has 0 fully saturated rings. The number of sulfonamides is 1. The van der Waals surface area contributed by atoms with E-state index in [-0.39, 0.29) is 17.0 Å². The Bertz CT molecular complexity index is 594. The molecule has 0 saturated carbocycles. The van der Waals surface area contributed by atoms with Gasteiger partial charge in [-0.25, -0.2) is 13.4 Å². The molecule has 6 heteroatoms. The molecule has 1 N–H and O–H groups in total. The highest BCUT2D eigenvalue weighted by Gasteiger charge is 2.29. The maximum atomic E-state index is 12.8. The highest BCUT2D eigenvalue weighted by atomic mass is 32.2. The van der Waals surface area contributed by atoms with E-state index in [0.29, 0.717) is 11.2 Å². The lowest BCUT2D eigenvalue weighted by Gasteiger charge is -2.29. The van der Waals surface area contributed by atoms with Crippen molar-refractivity contribution < 1.29 is 8.42 Å². The molecule has 24 heavy (non-hydrogen) atoms. The van der Waals surface area contributed by atoms with Gasteiger partial charge in [0.05, 0.1) is 0 Å². The normalized spacial score (nSPS) is 13.1. The van der Waals surface area contributed by atoms with E-state index in [4.69, 9.17) is 0 Å². The second kappa shape index (κ2) is 8.30. The monoisotopic (exact) mass is 355 g/mol.